The Hall–Kier alpha value is -1.99. The maximum Gasteiger partial charge on any atom is 0.391 e. The van der Waals surface area contributed by atoms with Crippen LogP contribution in [0.25, 0.3) is 0 Å². The molecule has 3 N–H and O–H groups in total. The van der Waals surface area contributed by atoms with Crippen LogP contribution in [0.2, 0.25) is 0 Å². The molecule has 154 valence electrons. The first-order chi connectivity index (χ1) is 12.8. The third-order valence-corrected chi connectivity index (χ3v) is 5.13. The molecule has 0 atom stereocenters. The summed E-state index contributed by atoms with van der Waals surface area (Å²) in [5.74, 6) is -1.70. The second-order valence-corrected chi connectivity index (χ2v) is 6.90. The van der Waals surface area contributed by atoms with Crippen molar-refractivity contribution in [1.82, 2.24) is 0 Å². The Morgan fingerprint density at radius 3 is 2.21 bits per heavy atom. The summed E-state index contributed by atoms with van der Waals surface area (Å²) in [4.78, 5) is 1.70. The van der Waals surface area contributed by atoms with Gasteiger partial charge in [-0.25, -0.2) is 4.39 Å². The van der Waals surface area contributed by atoms with Gasteiger partial charge in [0.15, 0.2) is 5.82 Å². The lowest BCUT2D eigenvalue weighted by atomic mass is 9.95. The van der Waals surface area contributed by atoms with E-state index in [-0.39, 0.29) is 38.3 Å². The standard InChI is InChI=1S/C20H23F4N3.ClH/c1-13-17(26-16-4-2-14(12-25)3-5-16)6-7-18(19(13)21)27-10-8-15(9-11-27)20(22,23)24;/h2-7,15,26H,8-12,25H2,1H3;1H. The van der Waals surface area contributed by atoms with Gasteiger partial charge in [0.2, 0.25) is 0 Å². The Morgan fingerprint density at radius 2 is 1.68 bits per heavy atom. The predicted molar refractivity (Wildman–Crippen MR) is 107 cm³/mol. The van der Waals surface area contributed by atoms with Gasteiger partial charge in [-0.15, -0.1) is 12.4 Å². The maximum atomic E-state index is 14.9. The number of rotatable bonds is 4. The summed E-state index contributed by atoms with van der Waals surface area (Å²) in [7, 11) is 0. The lowest BCUT2D eigenvalue weighted by Gasteiger charge is -2.35. The smallest absolute Gasteiger partial charge is 0.369 e. The molecule has 3 rings (SSSR count). The van der Waals surface area contributed by atoms with Crippen molar-refractivity contribution in [3.05, 3.63) is 53.3 Å². The van der Waals surface area contributed by atoms with E-state index in [4.69, 9.17) is 5.73 Å². The molecule has 0 unspecified atom stereocenters. The molecular formula is C20H24ClF4N3. The number of halogens is 5. The van der Waals surface area contributed by atoms with Crippen LogP contribution in [0.1, 0.15) is 24.0 Å². The topological polar surface area (TPSA) is 41.3 Å². The van der Waals surface area contributed by atoms with Gasteiger partial charge in [-0.2, -0.15) is 13.2 Å². The van der Waals surface area contributed by atoms with Crippen LogP contribution in [0.5, 0.6) is 0 Å². The Bertz CT molecular complexity index is 785. The summed E-state index contributed by atoms with van der Waals surface area (Å²) in [6.45, 7) is 2.52. The number of hydrogen-bond donors (Lipinski definition) is 2. The zero-order chi connectivity index (χ0) is 19.6. The Balaban J connectivity index is 0.00000280. The quantitative estimate of drug-likeness (QED) is 0.642. The van der Waals surface area contributed by atoms with Crippen molar-refractivity contribution in [2.75, 3.05) is 23.3 Å². The van der Waals surface area contributed by atoms with Crippen LogP contribution in [0.15, 0.2) is 36.4 Å². The highest BCUT2D eigenvalue weighted by Gasteiger charge is 2.41. The van der Waals surface area contributed by atoms with Gasteiger partial charge in [0.05, 0.1) is 11.6 Å². The first kappa shape index (κ1) is 22.3. The van der Waals surface area contributed by atoms with E-state index in [1.54, 1.807) is 24.0 Å². The first-order valence-electron chi connectivity index (χ1n) is 8.96. The fourth-order valence-electron chi connectivity index (χ4n) is 3.38. The van der Waals surface area contributed by atoms with Crippen LogP contribution in [-0.2, 0) is 6.54 Å². The number of nitrogens with zero attached hydrogens (tertiary/aromatic N) is 1. The number of hydrogen-bond acceptors (Lipinski definition) is 3. The summed E-state index contributed by atoms with van der Waals surface area (Å²) < 4.78 is 53.3. The number of piperidine rings is 1. The summed E-state index contributed by atoms with van der Waals surface area (Å²) in [5.41, 5.74) is 8.82. The number of alkyl halides is 3. The molecule has 0 bridgehead atoms. The van der Waals surface area contributed by atoms with Crippen molar-refractivity contribution in [2.45, 2.75) is 32.5 Å². The average molecular weight is 418 g/mol. The van der Waals surface area contributed by atoms with Crippen molar-refractivity contribution in [3.63, 3.8) is 0 Å². The highest BCUT2D eigenvalue weighted by atomic mass is 35.5. The van der Waals surface area contributed by atoms with Gasteiger partial charge in [0, 0.05) is 36.6 Å². The maximum absolute atomic E-state index is 14.9. The molecule has 1 aliphatic heterocycles. The van der Waals surface area contributed by atoms with E-state index in [1.807, 2.05) is 24.3 Å². The van der Waals surface area contributed by atoms with E-state index < -0.39 is 17.9 Å². The van der Waals surface area contributed by atoms with Gasteiger partial charge >= 0.3 is 6.18 Å². The van der Waals surface area contributed by atoms with Gasteiger partial charge in [-0.05, 0) is 49.6 Å². The molecule has 2 aromatic rings. The van der Waals surface area contributed by atoms with Crippen molar-refractivity contribution >= 4 is 29.5 Å². The minimum Gasteiger partial charge on any atom is -0.369 e. The van der Waals surface area contributed by atoms with E-state index in [0.29, 0.717) is 23.5 Å². The molecular weight excluding hydrogens is 394 g/mol. The summed E-state index contributed by atoms with van der Waals surface area (Å²) in [5, 5.41) is 3.17. The number of benzene rings is 2. The molecule has 0 aliphatic carbocycles. The molecule has 0 saturated carbocycles. The molecule has 1 aliphatic rings. The third-order valence-electron chi connectivity index (χ3n) is 5.13. The SMILES string of the molecule is Cc1c(Nc2ccc(CN)cc2)ccc(N2CCC(C(F)(F)F)CC2)c1F.Cl. The number of anilines is 3. The molecule has 2 aromatic carbocycles. The summed E-state index contributed by atoms with van der Waals surface area (Å²) in [6.07, 6.45) is -4.18. The Labute approximate surface area is 168 Å². The second-order valence-electron chi connectivity index (χ2n) is 6.90. The minimum absolute atomic E-state index is 0. The predicted octanol–water partition coefficient (Wildman–Crippen LogP) is 5.54. The Morgan fingerprint density at radius 1 is 1.07 bits per heavy atom. The van der Waals surface area contributed by atoms with E-state index in [1.165, 1.54) is 0 Å². The fourth-order valence-corrected chi connectivity index (χ4v) is 3.38. The molecule has 1 heterocycles. The first-order valence-corrected chi connectivity index (χ1v) is 8.96. The van der Waals surface area contributed by atoms with Crippen molar-refractivity contribution < 1.29 is 17.6 Å². The average Bonchev–Trinajstić information content (AvgIpc) is 2.66. The monoisotopic (exact) mass is 417 g/mol. The van der Waals surface area contributed by atoms with Gasteiger partial charge in [0.25, 0.3) is 0 Å². The normalized spacial score (nSPS) is 15.3. The largest absolute Gasteiger partial charge is 0.391 e. The molecule has 0 spiro atoms. The molecule has 28 heavy (non-hydrogen) atoms. The van der Waals surface area contributed by atoms with Crippen LogP contribution in [0.3, 0.4) is 0 Å². The lowest BCUT2D eigenvalue weighted by molar-refractivity contribution is -0.179. The van der Waals surface area contributed by atoms with E-state index in [0.717, 1.165) is 11.3 Å². The fraction of sp³-hybridized carbons (Fsp3) is 0.400. The Kier molecular flexibility index (Phi) is 7.17. The summed E-state index contributed by atoms with van der Waals surface area (Å²) >= 11 is 0. The molecule has 0 radical (unpaired) electrons. The van der Waals surface area contributed by atoms with Gasteiger partial charge in [0.1, 0.15) is 0 Å². The molecule has 0 aromatic heterocycles. The van der Waals surface area contributed by atoms with Gasteiger partial charge < -0.3 is 16.0 Å². The van der Waals surface area contributed by atoms with Gasteiger partial charge in [-0.1, -0.05) is 12.1 Å². The van der Waals surface area contributed by atoms with Crippen molar-refractivity contribution in [3.8, 4) is 0 Å². The van der Waals surface area contributed by atoms with Crippen LogP contribution in [0, 0.1) is 18.7 Å². The van der Waals surface area contributed by atoms with Crippen LogP contribution < -0.4 is 16.0 Å². The van der Waals surface area contributed by atoms with Crippen molar-refractivity contribution in [1.29, 1.82) is 0 Å². The third kappa shape index (κ3) is 4.89. The van der Waals surface area contributed by atoms with Gasteiger partial charge in [-0.3, -0.25) is 0 Å². The molecule has 3 nitrogen and oxygen atoms in total. The number of nitrogens with one attached hydrogen (secondary N) is 1. The lowest BCUT2D eigenvalue weighted by Crippen LogP contribution is -2.39. The van der Waals surface area contributed by atoms with Crippen molar-refractivity contribution in [2.24, 2.45) is 11.7 Å². The van der Waals surface area contributed by atoms with E-state index in [2.05, 4.69) is 5.32 Å². The zero-order valence-electron chi connectivity index (χ0n) is 15.5. The summed E-state index contributed by atoms with van der Waals surface area (Å²) in [6, 6.07) is 10.9. The van der Waals surface area contributed by atoms with E-state index in [9.17, 15) is 17.6 Å². The second kappa shape index (κ2) is 9.01. The zero-order valence-corrected chi connectivity index (χ0v) is 16.3. The van der Waals surface area contributed by atoms with Crippen LogP contribution in [0.4, 0.5) is 34.6 Å². The molecule has 1 fully saturated rings. The minimum atomic E-state index is -4.17. The van der Waals surface area contributed by atoms with E-state index >= 15 is 0 Å². The highest BCUT2D eigenvalue weighted by Crippen LogP contribution is 2.37. The molecule has 1 saturated heterocycles. The van der Waals surface area contributed by atoms with Crippen LogP contribution in [-0.4, -0.2) is 19.3 Å². The molecule has 8 heteroatoms. The highest BCUT2D eigenvalue weighted by molar-refractivity contribution is 5.85. The number of nitrogens with two attached hydrogens (primary N) is 1. The molecule has 0 amide bonds. The van der Waals surface area contributed by atoms with Crippen LogP contribution >= 0.6 is 12.4 Å².